The van der Waals surface area contributed by atoms with E-state index in [2.05, 4.69) is 5.10 Å². The van der Waals surface area contributed by atoms with E-state index in [0.717, 1.165) is 11.1 Å². The number of hydrogen-bond acceptors (Lipinski definition) is 4. The molecule has 0 unspecified atom stereocenters. The molecule has 1 aliphatic heterocycles. The lowest BCUT2D eigenvalue weighted by molar-refractivity contribution is -0.145. The lowest BCUT2D eigenvalue weighted by Gasteiger charge is -2.31. The summed E-state index contributed by atoms with van der Waals surface area (Å²) in [7, 11) is 3.40. The molecule has 0 saturated carbocycles. The molecule has 2 amide bonds. The molecule has 3 rings (SSSR count). The first-order chi connectivity index (χ1) is 10.5. The fraction of sp³-hybridized carbons (Fsp3) is 0.267. The smallest absolute Gasteiger partial charge is 0.316 e. The highest BCUT2D eigenvalue weighted by atomic mass is 16.2. The van der Waals surface area contributed by atoms with Gasteiger partial charge in [-0.2, -0.15) is 5.10 Å². The summed E-state index contributed by atoms with van der Waals surface area (Å²) >= 11 is 0. The topological polar surface area (TPSA) is 84.5 Å². The summed E-state index contributed by atoms with van der Waals surface area (Å²) in [6, 6.07) is 7.41. The molecule has 2 N–H and O–H groups in total. The van der Waals surface area contributed by atoms with Crippen LogP contribution in [0.2, 0.25) is 0 Å². The van der Waals surface area contributed by atoms with Gasteiger partial charge < -0.3 is 15.5 Å². The summed E-state index contributed by atoms with van der Waals surface area (Å²) in [5.74, 6) is -0.444. The highest BCUT2D eigenvalue weighted by molar-refractivity contribution is 6.40. The SMILES string of the molecule is CN1CCN(c2cccc(-c3cnn(C)c3N)c2)C(=O)C1=O. The van der Waals surface area contributed by atoms with Crippen LogP contribution in [-0.2, 0) is 16.6 Å². The van der Waals surface area contributed by atoms with Gasteiger partial charge in [0.1, 0.15) is 5.82 Å². The van der Waals surface area contributed by atoms with E-state index in [0.29, 0.717) is 24.6 Å². The van der Waals surface area contributed by atoms with E-state index >= 15 is 0 Å². The van der Waals surface area contributed by atoms with Crippen molar-refractivity contribution in [3.63, 3.8) is 0 Å². The predicted molar refractivity (Wildman–Crippen MR) is 83.0 cm³/mol. The van der Waals surface area contributed by atoms with E-state index in [-0.39, 0.29) is 0 Å². The van der Waals surface area contributed by atoms with Crippen molar-refractivity contribution in [2.24, 2.45) is 7.05 Å². The van der Waals surface area contributed by atoms with Crippen LogP contribution >= 0.6 is 0 Å². The predicted octanol–water partition coefficient (Wildman–Crippen LogP) is 0.474. The van der Waals surface area contributed by atoms with E-state index in [1.807, 2.05) is 24.3 Å². The summed E-state index contributed by atoms with van der Waals surface area (Å²) in [6.07, 6.45) is 1.69. The average Bonchev–Trinajstić information content (AvgIpc) is 2.85. The zero-order valence-corrected chi connectivity index (χ0v) is 12.5. The Kier molecular flexibility index (Phi) is 3.32. The van der Waals surface area contributed by atoms with E-state index in [1.54, 1.807) is 25.0 Å². The van der Waals surface area contributed by atoms with Crippen molar-refractivity contribution >= 4 is 23.3 Å². The van der Waals surface area contributed by atoms with Crippen LogP contribution in [0, 0.1) is 0 Å². The quantitative estimate of drug-likeness (QED) is 0.817. The molecular formula is C15H17N5O2. The third kappa shape index (κ3) is 2.20. The number of carbonyl (C=O) groups excluding carboxylic acids is 2. The molecule has 1 aromatic carbocycles. The molecule has 0 atom stereocenters. The summed E-state index contributed by atoms with van der Waals surface area (Å²) in [5, 5.41) is 4.12. The number of piperazine rings is 1. The molecule has 1 aliphatic rings. The van der Waals surface area contributed by atoms with Crippen molar-refractivity contribution in [2.45, 2.75) is 0 Å². The Morgan fingerprint density at radius 3 is 2.59 bits per heavy atom. The third-order valence-electron chi connectivity index (χ3n) is 3.89. The summed E-state index contributed by atoms with van der Waals surface area (Å²) < 4.78 is 1.59. The van der Waals surface area contributed by atoms with Gasteiger partial charge in [-0.1, -0.05) is 12.1 Å². The molecule has 2 aromatic rings. The fourth-order valence-corrected chi connectivity index (χ4v) is 2.49. The number of hydrogen-bond donors (Lipinski definition) is 1. The number of nitrogens with two attached hydrogens (primary N) is 1. The Bertz CT molecular complexity index is 752. The van der Waals surface area contributed by atoms with Crippen molar-refractivity contribution < 1.29 is 9.59 Å². The van der Waals surface area contributed by atoms with Crippen LogP contribution in [-0.4, -0.2) is 46.6 Å². The first kappa shape index (κ1) is 14.1. The van der Waals surface area contributed by atoms with Crippen LogP contribution in [0.1, 0.15) is 0 Å². The first-order valence-electron chi connectivity index (χ1n) is 6.94. The molecule has 1 fully saturated rings. The standard InChI is InChI=1S/C15H17N5O2/c1-18-6-7-20(15(22)14(18)21)11-5-3-4-10(8-11)12-9-17-19(2)13(12)16/h3-5,8-9H,6-7,16H2,1-2H3. The van der Waals surface area contributed by atoms with Crippen molar-refractivity contribution in [2.75, 3.05) is 30.8 Å². The Hall–Kier alpha value is -2.83. The Morgan fingerprint density at radius 1 is 1.14 bits per heavy atom. The summed E-state index contributed by atoms with van der Waals surface area (Å²) in [6.45, 7) is 0.997. The number of carbonyl (C=O) groups is 2. The Balaban J connectivity index is 1.97. The maximum atomic E-state index is 12.1. The molecule has 114 valence electrons. The van der Waals surface area contributed by atoms with Gasteiger partial charge in [0.05, 0.1) is 6.20 Å². The number of likely N-dealkylation sites (N-methyl/N-ethyl adjacent to an activating group) is 1. The van der Waals surface area contributed by atoms with Crippen LogP contribution in [0.3, 0.4) is 0 Å². The van der Waals surface area contributed by atoms with E-state index in [9.17, 15) is 9.59 Å². The molecule has 0 aliphatic carbocycles. The van der Waals surface area contributed by atoms with E-state index in [1.165, 1.54) is 9.80 Å². The maximum absolute atomic E-state index is 12.1. The number of nitrogen functional groups attached to an aromatic ring is 1. The number of benzene rings is 1. The van der Waals surface area contributed by atoms with E-state index < -0.39 is 11.8 Å². The van der Waals surface area contributed by atoms with Crippen LogP contribution in [0.15, 0.2) is 30.5 Å². The van der Waals surface area contributed by atoms with E-state index in [4.69, 9.17) is 5.73 Å². The van der Waals surface area contributed by atoms with Gasteiger partial charge in [0, 0.05) is 38.4 Å². The van der Waals surface area contributed by atoms with Gasteiger partial charge in [0.25, 0.3) is 0 Å². The zero-order chi connectivity index (χ0) is 15.9. The fourth-order valence-electron chi connectivity index (χ4n) is 2.49. The molecule has 22 heavy (non-hydrogen) atoms. The van der Waals surface area contributed by atoms with Gasteiger partial charge in [-0.25, -0.2) is 0 Å². The van der Waals surface area contributed by atoms with Gasteiger partial charge in [0.15, 0.2) is 0 Å². The summed E-state index contributed by atoms with van der Waals surface area (Å²) in [4.78, 5) is 26.9. The number of nitrogens with zero attached hydrogens (tertiary/aromatic N) is 4. The lowest BCUT2D eigenvalue weighted by atomic mass is 10.1. The molecule has 0 bridgehead atoms. The lowest BCUT2D eigenvalue weighted by Crippen LogP contribution is -2.53. The number of aromatic nitrogens is 2. The van der Waals surface area contributed by atoms with Crippen LogP contribution < -0.4 is 10.6 Å². The average molecular weight is 299 g/mol. The molecule has 1 aromatic heterocycles. The molecule has 7 heteroatoms. The van der Waals surface area contributed by atoms with Crippen LogP contribution in [0.5, 0.6) is 0 Å². The van der Waals surface area contributed by atoms with Crippen LogP contribution in [0.25, 0.3) is 11.1 Å². The third-order valence-corrected chi connectivity index (χ3v) is 3.89. The minimum Gasteiger partial charge on any atom is -0.383 e. The number of rotatable bonds is 2. The van der Waals surface area contributed by atoms with Gasteiger partial charge in [-0.15, -0.1) is 0 Å². The normalized spacial score (nSPS) is 15.5. The maximum Gasteiger partial charge on any atom is 0.316 e. The molecular weight excluding hydrogens is 282 g/mol. The number of aryl methyl sites for hydroxylation is 1. The minimum atomic E-state index is -0.509. The van der Waals surface area contributed by atoms with Crippen LogP contribution in [0.4, 0.5) is 11.5 Å². The Labute approximate surface area is 127 Å². The molecule has 0 spiro atoms. The van der Waals surface area contributed by atoms with Gasteiger partial charge in [-0.3, -0.25) is 14.3 Å². The van der Waals surface area contributed by atoms with Crippen molar-refractivity contribution in [3.8, 4) is 11.1 Å². The number of anilines is 2. The first-order valence-corrected chi connectivity index (χ1v) is 6.94. The molecule has 1 saturated heterocycles. The highest BCUT2D eigenvalue weighted by Crippen LogP contribution is 2.29. The second-order valence-corrected chi connectivity index (χ2v) is 5.30. The van der Waals surface area contributed by atoms with Crippen molar-refractivity contribution in [3.05, 3.63) is 30.5 Å². The van der Waals surface area contributed by atoms with Gasteiger partial charge in [0.2, 0.25) is 0 Å². The van der Waals surface area contributed by atoms with Crippen molar-refractivity contribution in [1.82, 2.24) is 14.7 Å². The number of amides is 2. The van der Waals surface area contributed by atoms with Gasteiger partial charge in [-0.05, 0) is 17.7 Å². The molecule has 7 nitrogen and oxygen atoms in total. The summed E-state index contributed by atoms with van der Waals surface area (Å²) in [5.41, 5.74) is 8.34. The highest BCUT2D eigenvalue weighted by Gasteiger charge is 2.31. The van der Waals surface area contributed by atoms with Crippen molar-refractivity contribution in [1.29, 1.82) is 0 Å². The van der Waals surface area contributed by atoms with Gasteiger partial charge >= 0.3 is 11.8 Å². The largest absolute Gasteiger partial charge is 0.383 e. The monoisotopic (exact) mass is 299 g/mol. The zero-order valence-electron chi connectivity index (χ0n) is 12.5. The second-order valence-electron chi connectivity index (χ2n) is 5.30. The second kappa shape index (κ2) is 5.18. The molecule has 0 radical (unpaired) electrons. The Morgan fingerprint density at radius 2 is 1.91 bits per heavy atom. The minimum absolute atomic E-state index is 0.479. The molecule has 2 heterocycles.